The lowest BCUT2D eigenvalue weighted by atomic mass is 9.98. The second-order valence-electron chi connectivity index (χ2n) is 5.51. The number of rotatable bonds is 3. The van der Waals surface area contributed by atoms with E-state index in [0.29, 0.717) is 30.8 Å². The number of furan rings is 1. The van der Waals surface area contributed by atoms with E-state index in [1.165, 1.54) is 0 Å². The SMILES string of the molecule is Cc1ccc(-c2cc(C(=O)N3CCC[C@H](C(=O)O)C3)n[nH]2)o1. The zero-order chi connectivity index (χ0) is 15.7. The van der Waals surface area contributed by atoms with Gasteiger partial charge in [0.1, 0.15) is 11.5 Å². The normalized spacial score (nSPS) is 18.4. The van der Waals surface area contributed by atoms with E-state index in [2.05, 4.69) is 10.2 Å². The third-order valence-electron chi connectivity index (χ3n) is 3.86. The Labute approximate surface area is 126 Å². The second kappa shape index (κ2) is 5.67. The summed E-state index contributed by atoms with van der Waals surface area (Å²) in [6.45, 7) is 2.63. The molecule has 0 aromatic carbocycles. The predicted octanol–water partition coefficient (Wildman–Crippen LogP) is 1.91. The molecule has 1 aliphatic rings. The molecule has 0 bridgehead atoms. The quantitative estimate of drug-likeness (QED) is 0.902. The van der Waals surface area contributed by atoms with Crippen LogP contribution in [0.2, 0.25) is 0 Å². The van der Waals surface area contributed by atoms with Crippen molar-refractivity contribution in [3.8, 4) is 11.5 Å². The molecule has 2 aromatic rings. The van der Waals surface area contributed by atoms with Gasteiger partial charge in [0.2, 0.25) is 0 Å². The van der Waals surface area contributed by atoms with E-state index in [-0.39, 0.29) is 18.1 Å². The lowest BCUT2D eigenvalue weighted by molar-refractivity contribution is -0.143. The highest BCUT2D eigenvalue weighted by Gasteiger charge is 2.29. The fourth-order valence-corrected chi connectivity index (χ4v) is 2.66. The molecule has 2 aromatic heterocycles. The summed E-state index contributed by atoms with van der Waals surface area (Å²) in [5.74, 6) is -0.212. The third kappa shape index (κ3) is 2.74. The highest BCUT2D eigenvalue weighted by molar-refractivity contribution is 5.93. The molecule has 1 aliphatic heterocycles. The molecule has 7 nitrogen and oxygen atoms in total. The number of nitrogens with zero attached hydrogens (tertiary/aromatic N) is 2. The van der Waals surface area contributed by atoms with Gasteiger partial charge in [-0.25, -0.2) is 0 Å². The van der Waals surface area contributed by atoms with Gasteiger partial charge >= 0.3 is 5.97 Å². The Morgan fingerprint density at radius 2 is 2.27 bits per heavy atom. The fourth-order valence-electron chi connectivity index (χ4n) is 2.66. The summed E-state index contributed by atoms with van der Waals surface area (Å²) in [6.07, 6.45) is 1.30. The summed E-state index contributed by atoms with van der Waals surface area (Å²) < 4.78 is 5.48. The van der Waals surface area contributed by atoms with Crippen LogP contribution in [0.25, 0.3) is 11.5 Å². The van der Waals surface area contributed by atoms with Crippen LogP contribution < -0.4 is 0 Å². The van der Waals surface area contributed by atoms with Crippen LogP contribution in [-0.4, -0.2) is 45.2 Å². The molecule has 3 rings (SSSR count). The van der Waals surface area contributed by atoms with Crippen molar-refractivity contribution in [2.45, 2.75) is 19.8 Å². The largest absolute Gasteiger partial charge is 0.481 e. The Hall–Kier alpha value is -2.57. The molecule has 0 radical (unpaired) electrons. The van der Waals surface area contributed by atoms with Gasteiger partial charge in [-0.05, 0) is 31.9 Å². The predicted molar refractivity (Wildman–Crippen MR) is 77.3 cm³/mol. The van der Waals surface area contributed by atoms with Gasteiger partial charge in [-0.3, -0.25) is 14.7 Å². The number of carboxylic acid groups (broad SMARTS) is 1. The number of aromatic amines is 1. The van der Waals surface area contributed by atoms with Gasteiger partial charge in [0.15, 0.2) is 11.5 Å². The first kappa shape index (κ1) is 14.4. The molecule has 116 valence electrons. The summed E-state index contributed by atoms with van der Waals surface area (Å²) in [5, 5.41) is 15.9. The van der Waals surface area contributed by atoms with Gasteiger partial charge in [-0.1, -0.05) is 0 Å². The van der Waals surface area contributed by atoms with Crippen LogP contribution in [0.1, 0.15) is 29.1 Å². The first-order chi connectivity index (χ1) is 10.5. The van der Waals surface area contributed by atoms with Crippen molar-refractivity contribution >= 4 is 11.9 Å². The Kier molecular flexibility index (Phi) is 3.70. The van der Waals surface area contributed by atoms with E-state index < -0.39 is 11.9 Å². The zero-order valence-corrected chi connectivity index (χ0v) is 12.2. The number of hydrogen-bond acceptors (Lipinski definition) is 4. The van der Waals surface area contributed by atoms with Crippen molar-refractivity contribution in [1.82, 2.24) is 15.1 Å². The number of aryl methyl sites for hydroxylation is 1. The van der Waals surface area contributed by atoms with Crippen LogP contribution in [-0.2, 0) is 4.79 Å². The number of carbonyl (C=O) groups is 2. The Bertz CT molecular complexity index is 703. The topological polar surface area (TPSA) is 99.4 Å². The highest BCUT2D eigenvalue weighted by Crippen LogP contribution is 2.22. The average Bonchev–Trinajstić information content (AvgIpc) is 3.15. The lowest BCUT2D eigenvalue weighted by Crippen LogP contribution is -2.42. The van der Waals surface area contributed by atoms with Gasteiger partial charge < -0.3 is 14.4 Å². The number of nitrogens with one attached hydrogen (secondary N) is 1. The molecule has 0 spiro atoms. The number of H-pyrrole nitrogens is 1. The van der Waals surface area contributed by atoms with Crippen molar-refractivity contribution in [2.75, 3.05) is 13.1 Å². The van der Waals surface area contributed by atoms with Gasteiger partial charge in [0, 0.05) is 19.2 Å². The van der Waals surface area contributed by atoms with E-state index in [4.69, 9.17) is 9.52 Å². The molecule has 0 aliphatic carbocycles. The first-order valence-electron chi connectivity index (χ1n) is 7.19. The second-order valence-corrected chi connectivity index (χ2v) is 5.51. The summed E-state index contributed by atoms with van der Waals surface area (Å²) >= 11 is 0. The van der Waals surface area contributed by atoms with Crippen molar-refractivity contribution in [2.24, 2.45) is 5.92 Å². The van der Waals surface area contributed by atoms with Gasteiger partial charge in [0.05, 0.1) is 5.92 Å². The van der Waals surface area contributed by atoms with Gasteiger partial charge in [-0.2, -0.15) is 5.10 Å². The first-order valence-corrected chi connectivity index (χ1v) is 7.19. The summed E-state index contributed by atoms with van der Waals surface area (Å²) in [7, 11) is 0. The van der Waals surface area contributed by atoms with Gasteiger partial charge in [0.25, 0.3) is 5.91 Å². The molecular weight excluding hydrogens is 286 g/mol. The standard InChI is InChI=1S/C15H17N3O4/c1-9-4-5-13(22-9)11-7-12(17-16-11)14(19)18-6-2-3-10(8-18)15(20)21/h4-5,7,10H,2-3,6,8H2,1H3,(H,16,17)(H,20,21)/t10-/m0/s1. The van der Waals surface area contributed by atoms with Crippen molar-refractivity contribution in [3.05, 3.63) is 29.7 Å². The maximum Gasteiger partial charge on any atom is 0.308 e. The molecule has 1 saturated heterocycles. The number of amides is 1. The molecule has 2 N–H and O–H groups in total. The molecule has 1 atom stereocenters. The van der Waals surface area contributed by atoms with Gasteiger partial charge in [-0.15, -0.1) is 0 Å². The lowest BCUT2D eigenvalue weighted by Gasteiger charge is -2.30. The average molecular weight is 303 g/mol. The molecule has 0 unspecified atom stereocenters. The Morgan fingerprint density at radius 3 is 2.95 bits per heavy atom. The number of aromatic nitrogens is 2. The molecular formula is C15H17N3O4. The Balaban J connectivity index is 1.75. The van der Waals surface area contributed by atoms with Crippen LogP contribution in [0.3, 0.4) is 0 Å². The number of piperidine rings is 1. The number of aliphatic carboxylic acids is 1. The third-order valence-corrected chi connectivity index (χ3v) is 3.86. The summed E-state index contributed by atoms with van der Waals surface area (Å²) in [5.41, 5.74) is 0.901. The van der Waals surface area contributed by atoms with Crippen LogP contribution in [0.4, 0.5) is 0 Å². The molecule has 1 amide bonds. The highest BCUT2D eigenvalue weighted by atomic mass is 16.4. The van der Waals surface area contributed by atoms with E-state index in [1.54, 1.807) is 17.0 Å². The van der Waals surface area contributed by atoms with Crippen LogP contribution in [0, 0.1) is 12.8 Å². The summed E-state index contributed by atoms with van der Waals surface area (Å²) in [6, 6.07) is 5.27. The number of carbonyl (C=O) groups excluding carboxylic acids is 1. The monoisotopic (exact) mass is 303 g/mol. The zero-order valence-electron chi connectivity index (χ0n) is 12.2. The number of carboxylic acids is 1. The van der Waals surface area contributed by atoms with Crippen molar-refractivity contribution < 1.29 is 19.1 Å². The van der Waals surface area contributed by atoms with Crippen LogP contribution in [0.15, 0.2) is 22.6 Å². The maximum absolute atomic E-state index is 12.4. The number of hydrogen-bond donors (Lipinski definition) is 2. The van der Waals surface area contributed by atoms with Crippen molar-refractivity contribution in [1.29, 1.82) is 0 Å². The molecule has 3 heterocycles. The van der Waals surface area contributed by atoms with Crippen LogP contribution >= 0.6 is 0 Å². The van der Waals surface area contributed by atoms with Crippen LogP contribution in [0.5, 0.6) is 0 Å². The molecule has 22 heavy (non-hydrogen) atoms. The Morgan fingerprint density at radius 1 is 1.45 bits per heavy atom. The minimum absolute atomic E-state index is 0.232. The molecule has 1 fully saturated rings. The van der Waals surface area contributed by atoms with E-state index >= 15 is 0 Å². The minimum atomic E-state index is -0.855. The van der Waals surface area contributed by atoms with E-state index in [0.717, 1.165) is 5.76 Å². The molecule has 7 heteroatoms. The van der Waals surface area contributed by atoms with E-state index in [1.807, 2.05) is 13.0 Å². The number of likely N-dealkylation sites (tertiary alicyclic amines) is 1. The van der Waals surface area contributed by atoms with E-state index in [9.17, 15) is 9.59 Å². The maximum atomic E-state index is 12.4. The minimum Gasteiger partial charge on any atom is -0.481 e. The smallest absolute Gasteiger partial charge is 0.308 e. The summed E-state index contributed by atoms with van der Waals surface area (Å²) in [4.78, 5) is 25.1. The fraction of sp³-hybridized carbons (Fsp3) is 0.400. The van der Waals surface area contributed by atoms with Crippen molar-refractivity contribution in [3.63, 3.8) is 0 Å². The molecule has 0 saturated carbocycles.